The quantitative estimate of drug-likeness (QED) is 0.887. The van der Waals surface area contributed by atoms with Crippen LogP contribution in [0.3, 0.4) is 0 Å². The molecule has 0 amide bonds. The van der Waals surface area contributed by atoms with E-state index in [-0.39, 0.29) is 23.5 Å². The molecule has 0 fully saturated rings. The highest BCUT2D eigenvalue weighted by Crippen LogP contribution is 2.59. The largest absolute Gasteiger partial charge is 0.508 e. The number of fused-ring (bicyclic) bond motifs is 5. The Kier molecular flexibility index (Phi) is 2.94. The van der Waals surface area contributed by atoms with E-state index in [1.807, 2.05) is 0 Å². The maximum Gasteiger partial charge on any atom is 0.201 e. The van der Waals surface area contributed by atoms with Gasteiger partial charge >= 0.3 is 0 Å². The molecule has 0 saturated heterocycles. The monoisotopic (exact) mass is 316 g/mol. The number of benzene rings is 2. The van der Waals surface area contributed by atoms with Gasteiger partial charge in [-0.05, 0) is 12.1 Å². The summed E-state index contributed by atoms with van der Waals surface area (Å²) < 4.78 is 22.4. The average Bonchev–Trinajstić information content (AvgIpc) is 2.95. The second kappa shape index (κ2) is 4.87. The van der Waals surface area contributed by atoms with E-state index < -0.39 is 0 Å². The smallest absolute Gasteiger partial charge is 0.201 e. The summed E-state index contributed by atoms with van der Waals surface area (Å²) in [5.74, 6) is 1.83. The normalized spacial score (nSPS) is 20.6. The first-order valence-corrected chi connectivity index (χ1v) is 7.24. The molecular weight excluding hydrogens is 300 g/mol. The van der Waals surface area contributed by atoms with Crippen molar-refractivity contribution in [3.8, 4) is 34.5 Å². The summed E-state index contributed by atoms with van der Waals surface area (Å²) in [5, 5.41) is 20.0. The van der Waals surface area contributed by atoms with Crippen molar-refractivity contribution in [2.75, 3.05) is 20.8 Å². The van der Waals surface area contributed by atoms with E-state index in [2.05, 4.69) is 0 Å². The molecule has 0 aromatic heterocycles. The Morgan fingerprint density at radius 1 is 1.09 bits per heavy atom. The number of hydrogen-bond donors (Lipinski definition) is 2. The molecule has 6 heteroatoms. The van der Waals surface area contributed by atoms with Crippen molar-refractivity contribution < 1.29 is 29.2 Å². The SMILES string of the molecule is COc1cc(OC)c2c(c1O)O[C@H]1c3ccc(O)cc3OC[C@@H]21. The molecule has 2 aliphatic heterocycles. The minimum absolute atomic E-state index is 0.0435. The molecule has 2 aromatic rings. The van der Waals surface area contributed by atoms with Gasteiger partial charge in [0.15, 0.2) is 11.5 Å². The zero-order chi connectivity index (χ0) is 16.1. The third kappa shape index (κ3) is 1.87. The van der Waals surface area contributed by atoms with Crippen LogP contribution in [0.25, 0.3) is 0 Å². The first-order chi connectivity index (χ1) is 11.1. The predicted molar refractivity (Wildman–Crippen MR) is 80.9 cm³/mol. The fourth-order valence-electron chi connectivity index (χ4n) is 3.29. The van der Waals surface area contributed by atoms with Gasteiger partial charge in [-0.2, -0.15) is 0 Å². The van der Waals surface area contributed by atoms with E-state index in [1.54, 1.807) is 31.4 Å². The third-order valence-corrected chi connectivity index (χ3v) is 4.36. The van der Waals surface area contributed by atoms with Gasteiger partial charge in [0.05, 0.1) is 32.3 Å². The summed E-state index contributed by atoms with van der Waals surface area (Å²) in [6, 6.07) is 6.57. The van der Waals surface area contributed by atoms with Crippen LogP contribution in [0.2, 0.25) is 0 Å². The second-order valence-electron chi connectivity index (χ2n) is 5.55. The molecule has 2 N–H and O–H groups in total. The minimum atomic E-state index is -0.304. The van der Waals surface area contributed by atoms with Crippen LogP contribution >= 0.6 is 0 Å². The first-order valence-electron chi connectivity index (χ1n) is 7.24. The van der Waals surface area contributed by atoms with Crippen molar-refractivity contribution in [1.82, 2.24) is 0 Å². The highest BCUT2D eigenvalue weighted by atomic mass is 16.5. The van der Waals surface area contributed by atoms with Crippen LogP contribution in [0.1, 0.15) is 23.1 Å². The van der Waals surface area contributed by atoms with Crippen molar-refractivity contribution in [1.29, 1.82) is 0 Å². The summed E-state index contributed by atoms with van der Waals surface area (Å²) in [6.07, 6.45) is -0.304. The van der Waals surface area contributed by atoms with Crippen molar-refractivity contribution in [2.45, 2.75) is 12.0 Å². The summed E-state index contributed by atoms with van der Waals surface area (Å²) in [5.41, 5.74) is 1.60. The number of phenolic OH excluding ortho intramolecular Hbond substituents is 2. The highest BCUT2D eigenvalue weighted by Gasteiger charge is 2.45. The van der Waals surface area contributed by atoms with Crippen LogP contribution in [0, 0.1) is 0 Å². The van der Waals surface area contributed by atoms with E-state index >= 15 is 0 Å². The molecule has 0 radical (unpaired) electrons. The van der Waals surface area contributed by atoms with Crippen molar-refractivity contribution in [2.24, 2.45) is 0 Å². The van der Waals surface area contributed by atoms with Crippen molar-refractivity contribution >= 4 is 0 Å². The van der Waals surface area contributed by atoms with E-state index in [0.717, 1.165) is 11.1 Å². The van der Waals surface area contributed by atoms with Gasteiger partial charge in [0.1, 0.15) is 23.4 Å². The van der Waals surface area contributed by atoms with E-state index in [4.69, 9.17) is 18.9 Å². The fourth-order valence-corrected chi connectivity index (χ4v) is 3.29. The average molecular weight is 316 g/mol. The molecule has 0 aliphatic carbocycles. The van der Waals surface area contributed by atoms with Crippen LogP contribution in [0.5, 0.6) is 34.5 Å². The van der Waals surface area contributed by atoms with Crippen LogP contribution in [-0.2, 0) is 0 Å². The summed E-state index contributed by atoms with van der Waals surface area (Å²) >= 11 is 0. The molecule has 0 unspecified atom stereocenters. The molecule has 2 aliphatic rings. The number of rotatable bonds is 2. The maximum atomic E-state index is 10.4. The lowest BCUT2D eigenvalue weighted by Gasteiger charge is -2.28. The van der Waals surface area contributed by atoms with E-state index in [0.29, 0.717) is 29.6 Å². The molecule has 23 heavy (non-hydrogen) atoms. The standard InChI is InChI=1S/C17H16O6/c1-20-12-6-13(21-2)15(19)17-14(12)10-7-22-11-5-8(18)3-4-9(11)16(10)23-17/h3-6,10,16,18-19H,7H2,1-2H3/t10-,16-/m0/s1. The van der Waals surface area contributed by atoms with Gasteiger partial charge in [0, 0.05) is 17.7 Å². The summed E-state index contributed by atoms with van der Waals surface area (Å²) in [4.78, 5) is 0. The fraction of sp³-hybridized carbons (Fsp3) is 0.294. The van der Waals surface area contributed by atoms with Gasteiger partial charge in [0.2, 0.25) is 5.75 Å². The van der Waals surface area contributed by atoms with Gasteiger partial charge in [-0.15, -0.1) is 0 Å². The topological polar surface area (TPSA) is 77.4 Å². The zero-order valence-corrected chi connectivity index (χ0v) is 12.7. The number of hydrogen-bond acceptors (Lipinski definition) is 6. The van der Waals surface area contributed by atoms with Gasteiger partial charge in [0.25, 0.3) is 0 Å². The number of methoxy groups -OCH3 is 2. The Balaban J connectivity index is 1.86. The van der Waals surface area contributed by atoms with Gasteiger partial charge in [-0.25, -0.2) is 0 Å². The van der Waals surface area contributed by atoms with Crippen LogP contribution in [0.4, 0.5) is 0 Å². The summed E-state index contributed by atoms with van der Waals surface area (Å²) in [7, 11) is 3.04. The Hall–Kier alpha value is -2.76. The third-order valence-electron chi connectivity index (χ3n) is 4.36. The molecule has 2 aromatic carbocycles. The Labute approximate surface area is 132 Å². The lowest BCUT2D eigenvalue weighted by atomic mass is 9.88. The van der Waals surface area contributed by atoms with Crippen LogP contribution in [-0.4, -0.2) is 31.0 Å². The number of ether oxygens (including phenoxy) is 4. The zero-order valence-electron chi connectivity index (χ0n) is 12.7. The number of phenols is 2. The maximum absolute atomic E-state index is 10.4. The van der Waals surface area contributed by atoms with E-state index in [9.17, 15) is 10.2 Å². The van der Waals surface area contributed by atoms with E-state index in [1.165, 1.54) is 7.11 Å². The first kappa shape index (κ1) is 13.9. The molecule has 120 valence electrons. The molecule has 4 rings (SSSR count). The molecule has 6 nitrogen and oxygen atoms in total. The highest BCUT2D eigenvalue weighted by molar-refractivity contribution is 5.65. The van der Waals surface area contributed by atoms with Crippen LogP contribution < -0.4 is 18.9 Å². The molecule has 0 saturated carbocycles. The van der Waals surface area contributed by atoms with Crippen molar-refractivity contribution in [3.63, 3.8) is 0 Å². The van der Waals surface area contributed by atoms with Crippen molar-refractivity contribution in [3.05, 3.63) is 35.4 Å². The molecule has 0 bridgehead atoms. The van der Waals surface area contributed by atoms with Crippen LogP contribution in [0.15, 0.2) is 24.3 Å². The Morgan fingerprint density at radius 3 is 2.61 bits per heavy atom. The summed E-state index contributed by atoms with van der Waals surface area (Å²) in [6.45, 7) is 0.371. The second-order valence-corrected chi connectivity index (χ2v) is 5.55. The van der Waals surface area contributed by atoms with Gasteiger partial charge in [-0.3, -0.25) is 0 Å². The van der Waals surface area contributed by atoms with Gasteiger partial charge < -0.3 is 29.2 Å². The lowest BCUT2D eigenvalue weighted by molar-refractivity contribution is 0.136. The van der Waals surface area contributed by atoms with Gasteiger partial charge in [-0.1, -0.05) is 0 Å². The molecular formula is C17H16O6. The molecule has 0 spiro atoms. The Morgan fingerprint density at radius 2 is 1.87 bits per heavy atom. The lowest BCUT2D eigenvalue weighted by Crippen LogP contribution is -2.23. The minimum Gasteiger partial charge on any atom is -0.508 e. The Bertz CT molecular complexity index is 785. The molecule has 2 heterocycles. The molecule has 2 atom stereocenters. The number of aromatic hydroxyl groups is 2. The predicted octanol–water partition coefficient (Wildman–Crippen LogP) is 2.72.